The van der Waals surface area contributed by atoms with Crippen molar-refractivity contribution in [3.8, 4) is 11.6 Å². The van der Waals surface area contributed by atoms with Crippen molar-refractivity contribution in [3.05, 3.63) is 70.4 Å². The molecule has 0 saturated carbocycles. The van der Waals surface area contributed by atoms with Crippen LogP contribution >= 0.6 is 0 Å². The Bertz CT molecular complexity index is 1280. The summed E-state index contributed by atoms with van der Waals surface area (Å²) in [5, 5.41) is 2.83. The maximum atomic E-state index is 13.0. The summed E-state index contributed by atoms with van der Waals surface area (Å²) in [6.45, 7) is 10.3. The highest BCUT2D eigenvalue weighted by atomic mass is 32.2. The quantitative estimate of drug-likeness (QED) is 0.420. The van der Waals surface area contributed by atoms with Crippen LogP contribution in [0.15, 0.2) is 47.5 Å². The highest BCUT2D eigenvalue weighted by Crippen LogP contribution is 2.31. The third kappa shape index (κ3) is 6.11. The second kappa shape index (κ2) is 10.6. The SMILES string of the molecule is CCCCNc1cccc(S(=O)(=O)NC(=O)c2ccc(C)nc2Oc2c(C)cc(C)cc2C)n1. The van der Waals surface area contributed by atoms with Crippen LogP contribution < -0.4 is 14.8 Å². The zero-order valence-corrected chi connectivity index (χ0v) is 20.9. The molecule has 2 heterocycles. The molecule has 0 aliphatic heterocycles. The van der Waals surface area contributed by atoms with Crippen molar-refractivity contribution >= 4 is 21.7 Å². The van der Waals surface area contributed by atoms with E-state index >= 15 is 0 Å². The zero-order valence-electron chi connectivity index (χ0n) is 20.1. The molecule has 0 radical (unpaired) electrons. The lowest BCUT2D eigenvalue weighted by Gasteiger charge is -2.15. The molecular formula is C25H30N4O4S. The Balaban J connectivity index is 1.87. The average Bonchev–Trinajstić information content (AvgIpc) is 2.76. The molecule has 0 atom stereocenters. The highest BCUT2D eigenvalue weighted by molar-refractivity contribution is 7.90. The fourth-order valence-corrected chi connectivity index (χ4v) is 4.43. The first-order valence-electron chi connectivity index (χ1n) is 11.1. The number of nitrogens with zero attached hydrogens (tertiary/aromatic N) is 2. The third-order valence-corrected chi connectivity index (χ3v) is 6.34. The molecule has 1 aromatic carbocycles. The minimum absolute atomic E-state index is 0.00535. The number of ether oxygens (including phenoxy) is 1. The van der Waals surface area contributed by atoms with Crippen LogP contribution in [-0.2, 0) is 10.0 Å². The van der Waals surface area contributed by atoms with Crippen molar-refractivity contribution in [3.63, 3.8) is 0 Å². The molecule has 0 fully saturated rings. The molecule has 0 unspecified atom stereocenters. The maximum absolute atomic E-state index is 13.0. The molecule has 34 heavy (non-hydrogen) atoms. The van der Waals surface area contributed by atoms with Gasteiger partial charge in [-0.1, -0.05) is 37.1 Å². The number of amides is 1. The summed E-state index contributed by atoms with van der Waals surface area (Å²) < 4.78 is 33.9. The van der Waals surface area contributed by atoms with Gasteiger partial charge in [-0.25, -0.2) is 14.7 Å². The number of aryl methyl sites for hydroxylation is 4. The number of sulfonamides is 1. The van der Waals surface area contributed by atoms with Gasteiger partial charge in [-0.2, -0.15) is 8.42 Å². The van der Waals surface area contributed by atoms with Gasteiger partial charge in [-0.3, -0.25) is 4.79 Å². The van der Waals surface area contributed by atoms with Crippen LogP contribution in [0.3, 0.4) is 0 Å². The fourth-order valence-electron chi connectivity index (χ4n) is 3.49. The normalized spacial score (nSPS) is 11.2. The summed E-state index contributed by atoms with van der Waals surface area (Å²) in [4.78, 5) is 21.5. The van der Waals surface area contributed by atoms with Gasteiger partial charge in [-0.05, 0) is 69.5 Å². The maximum Gasteiger partial charge on any atom is 0.281 e. The zero-order chi connectivity index (χ0) is 24.9. The van der Waals surface area contributed by atoms with Gasteiger partial charge < -0.3 is 10.1 Å². The van der Waals surface area contributed by atoms with E-state index in [1.54, 1.807) is 25.1 Å². The molecule has 3 rings (SSSR count). The first-order chi connectivity index (χ1) is 16.1. The van der Waals surface area contributed by atoms with Gasteiger partial charge in [0, 0.05) is 12.2 Å². The molecule has 3 aromatic rings. The Morgan fingerprint density at radius 3 is 2.38 bits per heavy atom. The number of rotatable bonds is 9. The van der Waals surface area contributed by atoms with Gasteiger partial charge in [0.15, 0.2) is 5.03 Å². The number of pyridine rings is 2. The number of carbonyl (C=O) groups is 1. The average molecular weight is 483 g/mol. The largest absolute Gasteiger partial charge is 0.438 e. The van der Waals surface area contributed by atoms with Crippen molar-refractivity contribution in [2.45, 2.75) is 52.5 Å². The van der Waals surface area contributed by atoms with Crippen molar-refractivity contribution in [1.82, 2.24) is 14.7 Å². The molecule has 2 N–H and O–H groups in total. The fraction of sp³-hybridized carbons (Fsp3) is 0.320. The van der Waals surface area contributed by atoms with Gasteiger partial charge in [-0.15, -0.1) is 0 Å². The first-order valence-corrected chi connectivity index (χ1v) is 12.6. The van der Waals surface area contributed by atoms with E-state index in [9.17, 15) is 13.2 Å². The number of hydrogen-bond donors (Lipinski definition) is 2. The molecule has 1 amide bonds. The highest BCUT2D eigenvalue weighted by Gasteiger charge is 2.24. The van der Waals surface area contributed by atoms with Crippen LogP contribution in [0.5, 0.6) is 11.6 Å². The lowest BCUT2D eigenvalue weighted by atomic mass is 10.1. The van der Waals surface area contributed by atoms with E-state index in [1.165, 1.54) is 12.1 Å². The lowest BCUT2D eigenvalue weighted by molar-refractivity contribution is 0.0978. The minimum atomic E-state index is -4.22. The van der Waals surface area contributed by atoms with E-state index < -0.39 is 15.9 Å². The van der Waals surface area contributed by atoms with E-state index in [0.717, 1.165) is 29.5 Å². The number of nitrogens with one attached hydrogen (secondary N) is 2. The van der Waals surface area contributed by atoms with E-state index in [0.29, 0.717) is 23.8 Å². The van der Waals surface area contributed by atoms with Crippen molar-refractivity contribution in [2.24, 2.45) is 0 Å². The molecule has 2 aromatic heterocycles. The summed E-state index contributed by atoms with van der Waals surface area (Å²) in [6.07, 6.45) is 1.93. The second-order valence-corrected chi connectivity index (χ2v) is 9.84. The Kier molecular flexibility index (Phi) is 7.88. The van der Waals surface area contributed by atoms with E-state index in [4.69, 9.17) is 4.74 Å². The monoisotopic (exact) mass is 482 g/mol. The summed E-state index contributed by atoms with van der Waals surface area (Å²) in [5.41, 5.74) is 3.49. The van der Waals surface area contributed by atoms with Gasteiger partial charge in [0.1, 0.15) is 17.1 Å². The number of carbonyl (C=O) groups excluding carboxylic acids is 1. The Morgan fingerprint density at radius 1 is 1.00 bits per heavy atom. The van der Waals surface area contributed by atoms with E-state index in [2.05, 4.69) is 26.9 Å². The van der Waals surface area contributed by atoms with Crippen LogP contribution in [-0.4, -0.2) is 30.8 Å². The Labute approximate surface area is 200 Å². The van der Waals surface area contributed by atoms with Gasteiger partial charge in [0.05, 0.1) is 0 Å². The minimum Gasteiger partial charge on any atom is -0.438 e. The third-order valence-electron chi connectivity index (χ3n) is 5.11. The molecular weight excluding hydrogens is 452 g/mol. The standard InChI is InChI=1S/C25H30N4O4S/c1-6-7-13-26-21-9-8-10-22(28-21)34(31,32)29-24(30)20-12-11-19(5)27-25(20)33-23-17(3)14-16(2)15-18(23)4/h8-12,14-15H,6-7,13H2,1-5H3,(H,26,28)(H,29,30). The molecule has 180 valence electrons. The Morgan fingerprint density at radius 2 is 1.71 bits per heavy atom. The first kappa shape index (κ1) is 25.2. The van der Waals surface area contributed by atoms with Crippen LogP contribution in [0, 0.1) is 27.7 Å². The summed E-state index contributed by atoms with van der Waals surface area (Å²) >= 11 is 0. The lowest BCUT2D eigenvalue weighted by Crippen LogP contribution is -2.31. The molecule has 0 aliphatic rings. The summed E-state index contributed by atoms with van der Waals surface area (Å²) in [7, 11) is -4.22. The van der Waals surface area contributed by atoms with Crippen LogP contribution in [0.25, 0.3) is 0 Å². The van der Waals surface area contributed by atoms with Gasteiger partial charge in [0.2, 0.25) is 5.88 Å². The number of hydrogen-bond acceptors (Lipinski definition) is 7. The van der Waals surface area contributed by atoms with E-state index in [1.807, 2.05) is 32.9 Å². The molecule has 0 saturated heterocycles. The molecule has 0 spiro atoms. The number of aromatic nitrogens is 2. The molecule has 0 aliphatic carbocycles. The Hall–Kier alpha value is -3.46. The topological polar surface area (TPSA) is 110 Å². The summed E-state index contributed by atoms with van der Waals surface area (Å²) in [5.74, 6) is 0.185. The van der Waals surface area contributed by atoms with Crippen LogP contribution in [0.4, 0.5) is 5.82 Å². The molecule has 8 nitrogen and oxygen atoms in total. The number of anilines is 1. The molecule has 0 bridgehead atoms. The van der Waals surface area contributed by atoms with Gasteiger partial charge >= 0.3 is 0 Å². The van der Waals surface area contributed by atoms with Gasteiger partial charge in [0.25, 0.3) is 15.9 Å². The van der Waals surface area contributed by atoms with E-state index in [-0.39, 0.29) is 16.5 Å². The van der Waals surface area contributed by atoms with Crippen molar-refractivity contribution < 1.29 is 17.9 Å². The van der Waals surface area contributed by atoms with Crippen molar-refractivity contribution in [1.29, 1.82) is 0 Å². The van der Waals surface area contributed by atoms with Crippen LogP contribution in [0.1, 0.15) is 52.5 Å². The second-order valence-electron chi connectivity index (χ2n) is 8.21. The van der Waals surface area contributed by atoms with Crippen LogP contribution in [0.2, 0.25) is 0 Å². The predicted molar refractivity (Wildman–Crippen MR) is 132 cm³/mol. The number of unbranched alkanes of at least 4 members (excludes halogenated alkanes) is 1. The summed E-state index contributed by atoms with van der Waals surface area (Å²) in [6, 6.07) is 11.6. The smallest absolute Gasteiger partial charge is 0.281 e. The predicted octanol–water partition coefficient (Wildman–Crippen LogP) is 4.83. The molecule has 9 heteroatoms. The number of benzene rings is 1. The van der Waals surface area contributed by atoms with Crippen molar-refractivity contribution in [2.75, 3.05) is 11.9 Å².